The Morgan fingerprint density at radius 3 is 2.24 bits per heavy atom. The molecule has 130 valence electrons. The number of amides is 1. The van der Waals surface area contributed by atoms with E-state index in [0.717, 1.165) is 24.6 Å². The number of rotatable bonds is 3. The summed E-state index contributed by atoms with van der Waals surface area (Å²) in [6, 6.07) is 9.98. The van der Waals surface area contributed by atoms with Crippen molar-refractivity contribution in [2.45, 2.75) is 4.58 Å². The van der Waals surface area contributed by atoms with E-state index in [9.17, 15) is 4.79 Å². The Morgan fingerprint density at radius 2 is 1.60 bits per heavy atom. The van der Waals surface area contributed by atoms with Gasteiger partial charge in [-0.05, 0) is 23.8 Å². The summed E-state index contributed by atoms with van der Waals surface area (Å²) in [6.07, 6.45) is 3.50. The lowest BCUT2D eigenvalue weighted by molar-refractivity contribution is 0.0746. The van der Waals surface area contributed by atoms with E-state index in [2.05, 4.69) is 27.0 Å². The second-order valence-electron chi connectivity index (χ2n) is 6.02. The summed E-state index contributed by atoms with van der Waals surface area (Å²) < 4.78 is 0.526. The summed E-state index contributed by atoms with van der Waals surface area (Å²) in [5.74, 6) is 3.29. The molecule has 0 atom stereocenters. The minimum Gasteiger partial charge on any atom is -0.337 e. The molecule has 0 spiro atoms. The molecule has 2 fully saturated rings. The maximum atomic E-state index is 12.7. The van der Waals surface area contributed by atoms with Crippen LogP contribution in [0.15, 0.2) is 42.7 Å². The molecule has 5 nitrogen and oxygen atoms in total. The maximum absolute atomic E-state index is 12.7. The lowest BCUT2D eigenvalue weighted by Gasteiger charge is -2.34. The van der Waals surface area contributed by atoms with Gasteiger partial charge in [0, 0.05) is 55.6 Å². The number of aromatic nitrogens is 2. The summed E-state index contributed by atoms with van der Waals surface area (Å²) in [7, 11) is 0. The summed E-state index contributed by atoms with van der Waals surface area (Å²) in [6.45, 7) is 2.94. The average Bonchev–Trinajstić information content (AvgIpc) is 3.23. The number of hydrogen-bond donors (Lipinski definition) is 0. The second-order valence-corrected chi connectivity index (χ2v) is 8.75. The van der Waals surface area contributed by atoms with Gasteiger partial charge >= 0.3 is 0 Å². The number of carbonyl (C=O) groups excluding carboxylic acids is 1. The van der Waals surface area contributed by atoms with Crippen LogP contribution < -0.4 is 4.90 Å². The largest absolute Gasteiger partial charge is 0.337 e. The lowest BCUT2D eigenvalue weighted by Crippen LogP contribution is -2.49. The van der Waals surface area contributed by atoms with Gasteiger partial charge < -0.3 is 9.80 Å². The molecule has 1 aromatic carbocycles. The first kappa shape index (κ1) is 16.7. The van der Waals surface area contributed by atoms with Crippen LogP contribution in [0.5, 0.6) is 0 Å². The molecule has 4 rings (SSSR count). The molecule has 7 heteroatoms. The fraction of sp³-hybridized carbons (Fsp3) is 0.389. The first-order chi connectivity index (χ1) is 12.3. The Balaban J connectivity index is 1.37. The first-order valence-corrected chi connectivity index (χ1v) is 10.6. The summed E-state index contributed by atoms with van der Waals surface area (Å²) in [5.41, 5.74) is 2.09. The van der Waals surface area contributed by atoms with Crippen LogP contribution in [-0.2, 0) is 0 Å². The van der Waals surface area contributed by atoms with Gasteiger partial charge in [-0.3, -0.25) is 4.79 Å². The van der Waals surface area contributed by atoms with Crippen molar-refractivity contribution in [1.82, 2.24) is 14.9 Å². The molecular formula is C18H20N4OS2. The van der Waals surface area contributed by atoms with E-state index in [1.807, 2.05) is 46.6 Å². The number of carbonyl (C=O) groups is 1. The van der Waals surface area contributed by atoms with Gasteiger partial charge in [0.2, 0.25) is 5.95 Å². The highest BCUT2D eigenvalue weighted by molar-refractivity contribution is 8.19. The number of anilines is 1. The summed E-state index contributed by atoms with van der Waals surface area (Å²) >= 11 is 3.97. The Hall–Kier alpha value is -1.73. The van der Waals surface area contributed by atoms with Crippen molar-refractivity contribution in [3.8, 4) is 0 Å². The van der Waals surface area contributed by atoms with E-state index in [1.165, 1.54) is 17.1 Å². The number of benzene rings is 1. The molecule has 0 radical (unpaired) electrons. The molecular weight excluding hydrogens is 352 g/mol. The predicted molar refractivity (Wildman–Crippen MR) is 104 cm³/mol. The number of piperazine rings is 1. The smallest absolute Gasteiger partial charge is 0.253 e. The van der Waals surface area contributed by atoms with Crippen molar-refractivity contribution in [3.05, 3.63) is 53.9 Å². The second kappa shape index (κ2) is 7.66. The molecule has 3 heterocycles. The van der Waals surface area contributed by atoms with Crippen LogP contribution in [0, 0.1) is 0 Å². The zero-order valence-electron chi connectivity index (χ0n) is 13.9. The van der Waals surface area contributed by atoms with Gasteiger partial charge in [-0.15, -0.1) is 23.5 Å². The molecule has 2 aromatic rings. The molecule has 2 aliphatic heterocycles. The standard InChI is InChI=1S/C18H20N4OS2/c23-16(14-2-4-15(5-3-14)17-24-12-13-25-17)21-8-10-22(11-9-21)18-19-6-1-7-20-18/h1-7,17H,8-13H2. The summed E-state index contributed by atoms with van der Waals surface area (Å²) in [4.78, 5) is 25.4. The Labute approximate surface area is 156 Å². The zero-order valence-corrected chi connectivity index (χ0v) is 15.5. The monoisotopic (exact) mass is 372 g/mol. The number of nitrogens with zero attached hydrogens (tertiary/aromatic N) is 4. The molecule has 0 unspecified atom stereocenters. The molecule has 1 amide bonds. The molecule has 25 heavy (non-hydrogen) atoms. The van der Waals surface area contributed by atoms with E-state index >= 15 is 0 Å². The van der Waals surface area contributed by atoms with Crippen LogP contribution in [-0.4, -0.2) is 58.5 Å². The topological polar surface area (TPSA) is 49.3 Å². The lowest BCUT2D eigenvalue weighted by atomic mass is 10.1. The van der Waals surface area contributed by atoms with Gasteiger partial charge in [0.1, 0.15) is 0 Å². The van der Waals surface area contributed by atoms with Gasteiger partial charge in [-0.2, -0.15) is 0 Å². The van der Waals surface area contributed by atoms with Crippen LogP contribution in [0.2, 0.25) is 0 Å². The van der Waals surface area contributed by atoms with E-state index < -0.39 is 0 Å². The molecule has 1 aromatic heterocycles. The van der Waals surface area contributed by atoms with E-state index in [4.69, 9.17) is 0 Å². The third-order valence-corrected chi connectivity index (χ3v) is 7.56. The quantitative estimate of drug-likeness (QED) is 0.826. The van der Waals surface area contributed by atoms with Gasteiger partial charge in [0.05, 0.1) is 4.58 Å². The highest BCUT2D eigenvalue weighted by atomic mass is 32.2. The van der Waals surface area contributed by atoms with E-state index in [0.29, 0.717) is 17.7 Å². The van der Waals surface area contributed by atoms with Gasteiger partial charge in [-0.1, -0.05) is 12.1 Å². The van der Waals surface area contributed by atoms with Crippen LogP contribution in [0.1, 0.15) is 20.5 Å². The third-order valence-electron chi connectivity index (χ3n) is 4.45. The fourth-order valence-electron chi connectivity index (χ4n) is 3.08. The average molecular weight is 373 g/mol. The highest BCUT2D eigenvalue weighted by Gasteiger charge is 2.24. The van der Waals surface area contributed by atoms with Gasteiger partial charge in [0.15, 0.2) is 0 Å². The van der Waals surface area contributed by atoms with Crippen LogP contribution in [0.3, 0.4) is 0 Å². The molecule has 2 saturated heterocycles. The fourth-order valence-corrected chi connectivity index (χ4v) is 5.94. The van der Waals surface area contributed by atoms with Crippen molar-refractivity contribution in [2.75, 3.05) is 42.6 Å². The van der Waals surface area contributed by atoms with Crippen molar-refractivity contribution in [3.63, 3.8) is 0 Å². The van der Waals surface area contributed by atoms with Crippen molar-refractivity contribution in [2.24, 2.45) is 0 Å². The normalized spacial score (nSPS) is 18.6. The molecule has 0 saturated carbocycles. The molecule has 0 N–H and O–H groups in total. The third kappa shape index (κ3) is 3.77. The molecule has 0 aliphatic carbocycles. The molecule has 0 bridgehead atoms. The van der Waals surface area contributed by atoms with Gasteiger partial charge in [0.25, 0.3) is 5.91 Å². The zero-order chi connectivity index (χ0) is 17.1. The Kier molecular flexibility index (Phi) is 5.12. The first-order valence-electron chi connectivity index (χ1n) is 8.46. The van der Waals surface area contributed by atoms with Crippen LogP contribution in [0.25, 0.3) is 0 Å². The Bertz CT molecular complexity index is 712. The van der Waals surface area contributed by atoms with Crippen molar-refractivity contribution >= 4 is 35.4 Å². The summed E-state index contributed by atoms with van der Waals surface area (Å²) in [5, 5.41) is 0. The minimum atomic E-state index is 0.118. The highest BCUT2D eigenvalue weighted by Crippen LogP contribution is 2.45. The Morgan fingerprint density at radius 1 is 0.960 bits per heavy atom. The minimum absolute atomic E-state index is 0.118. The van der Waals surface area contributed by atoms with E-state index in [1.54, 1.807) is 12.4 Å². The van der Waals surface area contributed by atoms with Crippen LogP contribution in [0.4, 0.5) is 5.95 Å². The molecule has 2 aliphatic rings. The van der Waals surface area contributed by atoms with Crippen LogP contribution >= 0.6 is 23.5 Å². The van der Waals surface area contributed by atoms with E-state index in [-0.39, 0.29) is 5.91 Å². The predicted octanol–water partition coefficient (Wildman–Crippen LogP) is 2.92. The van der Waals surface area contributed by atoms with Crippen molar-refractivity contribution < 1.29 is 4.79 Å². The van der Waals surface area contributed by atoms with Gasteiger partial charge in [-0.25, -0.2) is 9.97 Å². The number of thioether (sulfide) groups is 2. The number of hydrogen-bond acceptors (Lipinski definition) is 6. The maximum Gasteiger partial charge on any atom is 0.253 e. The van der Waals surface area contributed by atoms with Crippen molar-refractivity contribution in [1.29, 1.82) is 0 Å². The SMILES string of the molecule is O=C(c1ccc(C2SCCS2)cc1)N1CCN(c2ncccn2)CC1.